The largest absolute Gasteiger partial charge is 0.443 e. The van der Waals surface area contributed by atoms with Crippen molar-refractivity contribution in [3.05, 3.63) is 68.4 Å². The zero-order valence-electron chi connectivity index (χ0n) is 30.2. The quantitative estimate of drug-likeness (QED) is 0.0243. The average Bonchev–Trinajstić information content (AvgIpc) is 3.78. The Morgan fingerprint density at radius 3 is 1.64 bits per heavy atom. The van der Waals surface area contributed by atoms with Crippen molar-refractivity contribution in [1.29, 1.82) is 0 Å². The number of amides is 1. The number of thioether (sulfide) groups is 2. The van der Waals surface area contributed by atoms with Gasteiger partial charge in [-0.1, -0.05) is 0 Å². The standard InChI is InChI=1S/C17H21BrFN5O5S3.C12H13BrFN5O3S3.ClH/c1-17(2,3)29-16(25)24-32(27,28)8-4-7-30-15-13(22-31-23-15)14(21-26)20-10-5-6-12(19)11(18)9-10;13-8-6-7(2-3-9(8)14)16-11(17-20)10-12(19-24-18-10)23-4-1-5-25(15,21)22;/h5-6,9,26H,4,7-8H2,1-3H3,(H,20,21)(H,24,25);2-3,6,20H,1,4-5H2,(H,16,17)(H2,15,21,22);1H. The molecule has 0 spiro atoms. The number of carbonyl (C=O) groups excluding carboxylic acids is 1. The van der Waals surface area contributed by atoms with Crippen molar-refractivity contribution in [3.8, 4) is 0 Å². The Kier molecular flexibility index (Phi) is 21.3. The predicted molar refractivity (Wildman–Crippen MR) is 229 cm³/mol. The maximum absolute atomic E-state index is 13.4. The van der Waals surface area contributed by atoms with Crippen LogP contribution < -0.4 is 20.8 Å². The first-order valence-corrected chi connectivity index (χ1v) is 24.1. The van der Waals surface area contributed by atoms with Gasteiger partial charge in [0.15, 0.2) is 23.1 Å². The van der Waals surface area contributed by atoms with Crippen molar-refractivity contribution in [2.24, 2.45) is 15.1 Å². The van der Waals surface area contributed by atoms with Crippen molar-refractivity contribution in [2.75, 3.05) is 23.0 Å². The lowest BCUT2D eigenvalue weighted by Gasteiger charge is -2.19. The zero-order chi connectivity index (χ0) is 42.4. The monoisotopic (exact) mass is 1070 g/mol. The van der Waals surface area contributed by atoms with Crippen LogP contribution in [0.5, 0.6) is 0 Å². The molecule has 0 saturated carbocycles. The van der Waals surface area contributed by atoms with E-state index in [1.807, 2.05) is 15.7 Å². The topological polar surface area (TPSA) is 273 Å². The van der Waals surface area contributed by atoms with Gasteiger partial charge >= 0.3 is 6.09 Å². The summed E-state index contributed by atoms with van der Waals surface area (Å²) in [4.78, 5) is 20.0. The molecule has 0 radical (unpaired) electrons. The highest BCUT2D eigenvalue weighted by atomic mass is 79.9. The number of amidine groups is 2. The fourth-order valence-electron chi connectivity index (χ4n) is 3.79. The molecule has 320 valence electrons. The summed E-state index contributed by atoms with van der Waals surface area (Å²) in [5.41, 5.74) is 4.43. The first-order valence-electron chi connectivity index (χ1n) is 15.7. The van der Waals surface area contributed by atoms with Crippen molar-refractivity contribution in [1.82, 2.24) is 33.2 Å². The number of sulfonamides is 2. The van der Waals surface area contributed by atoms with Gasteiger partial charge in [-0.25, -0.2) is 50.3 Å². The fraction of sp³-hybridized carbons (Fsp3) is 0.345. The van der Waals surface area contributed by atoms with E-state index < -0.39 is 43.4 Å². The van der Waals surface area contributed by atoms with E-state index in [1.54, 1.807) is 20.8 Å². The number of nitrogens with one attached hydrogen (secondary N) is 3. The lowest BCUT2D eigenvalue weighted by atomic mass is 10.2. The van der Waals surface area contributed by atoms with Crippen LogP contribution in [0, 0.1) is 11.6 Å². The molecule has 0 aliphatic heterocycles. The van der Waals surface area contributed by atoms with Gasteiger partial charge in [-0.3, -0.25) is 21.4 Å². The summed E-state index contributed by atoms with van der Waals surface area (Å²) in [6, 6.07) is 8.20. The second-order valence-corrected chi connectivity index (χ2v) is 20.4. The van der Waals surface area contributed by atoms with E-state index >= 15 is 0 Å². The van der Waals surface area contributed by atoms with Crippen LogP contribution in [0.1, 0.15) is 45.0 Å². The fourth-order valence-corrected chi connectivity index (χ4v) is 9.53. The molecule has 18 nitrogen and oxygen atoms in total. The van der Waals surface area contributed by atoms with Crippen LogP contribution >= 0.6 is 91.2 Å². The van der Waals surface area contributed by atoms with Crippen molar-refractivity contribution >= 4 is 140 Å². The van der Waals surface area contributed by atoms with E-state index in [-0.39, 0.29) is 56.6 Å². The molecule has 0 aliphatic carbocycles. The normalized spacial score (nSPS) is 12.2. The molecule has 4 rings (SSSR count). The highest BCUT2D eigenvalue weighted by Crippen LogP contribution is 2.27. The average molecular weight is 1080 g/mol. The van der Waals surface area contributed by atoms with Gasteiger partial charge in [0.1, 0.15) is 27.3 Å². The van der Waals surface area contributed by atoms with E-state index in [0.717, 1.165) is 23.5 Å². The van der Waals surface area contributed by atoms with Gasteiger partial charge < -0.3 is 4.74 Å². The molecule has 58 heavy (non-hydrogen) atoms. The van der Waals surface area contributed by atoms with Gasteiger partial charge in [-0.2, -0.15) is 17.5 Å². The molecule has 0 fully saturated rings. The molecule has 7 N–H and O–H groups in total. The second kappa shape index (κ2) is 24.0. The summed E-state index contributed by atoms with van der Waals surface area (Å²) in [7, 11) is -7.36. The number of carbonyl (C=O) groups is 1. The summed E-state index contributed by atoms with van der Waals surface area (Å²) in [5, 5.41) is 24.7. The summed E-state index contributed by atoms with van der Waals surface area (Å²) >= 11 is 10.4. The van der Waals surface area contributed by atoms with E-state index in [1.165, 1.54) is 59.9 Å². The third kappa shape index (κ3) is 18.3. The van der Waals surface area contributed by atoms with E-state index in [2.05, 4.69) is 59.3 Å². The summed E-state index contributed by atoms with van der Waals surface area (Å²) < 4.78 is 96.2. The maximum Gasteiger partial charge on any atom is 0.421 e. The third-order valence-electron chi connectivity index (χ3n) is 6.11. The van der Waals surface area contributed by atoms with Crippen molar-refractivity contribution in [2.45, 2.75) is 49.3 Å². The number of aliphatic imine (C=N–C) groups is 2. The second-order valence-electron chi connectivity index (χ2n) is 11.9. The number of hydroxylamine groups is 2. The molecule has 0 saturated heterocycles. The Bertz CT molecular complexity index is 2280. The zero-order valence-corrected chi connectivity index (χ0v) is 39.1. The first kappa shape index (κ1) is 51.5. The molecule has 0 unspecified atom stereocenters. The Hall–Kier alpha value is -2.64. The summed E-state index contributed by atoms with van der Waals surface area (Å²) in [6.45, 7) is 4.88. The van der Waals surface area contributed by atoms with Crippen LogP contribution in [0.3, 0.4) is 0 Å². The maximum atomic E-state index is 13.4. The van der Waals surface area contributed by atoms with Gasteiger partial charge in [0, 0.05) is 11.5 Å². The number of benzene rings is 2. The molecule has 0 aliphatic rings. The number of primary sulfonamides is 1. The molecule has 1 amide bonds. The van der Waals surface area contributed by atoms with Gasteiger partial charge in [-0.15, -0.1) is 35.9 Å². The Morgan fingerprint density at radius 2 is 1.26 bits per heavy atom. The number of nitrogens with zero attached hydrogens (tertiary/aromatic N) is 6. The number of ether oxygens (including phenoxy) is 1. The van der Waals surface area contributed by atoms with Crippen LogP contribution in [0.2, 0.25) is 0 Å². The molecule has 2 aromatic heterocycles. The van der Waals surface area contributed by atoms with E-state index in [0.29, 0.717) is 45.0 Å². The predicted octanol–water partition coefficient (Wildman–Crippen LogP) is 6.52. The summed E-state index contributed by atoms with van der Waals surface area (Å²) in [6.07, 6.45) is -0.466. The summed E-state index contributed by atoms with van der Waals surface area (Å²) in [5.74, 6) is -0.474. The molecule has 2 aromatic carbocycles. The van der Waals surface area contributed by atoms with Gasteiger partial charge in [0.25, 0.3) is 0 Å². The number of rotatable bonds is 15. The molecule has 29 heteroatoms. The minimum Gasteiger partial charge on any atom is -0.443 e. The van der Waals surface area contributed by atoms with Gasteiger partial charge in [0.2, 0.25) is 20.0 Å². The number of aromatic nitrogens is 4. The van der Waals surface area contributed by atoms with Crippen LogP contribution in [0.4, 0.5) is 25.0 Å². The van der Waals surface area contributed by atoms with Crippen LogP contribution in [-0.4, -0.2) is 91.1 Å². The van der Waals surface area contributed by atoms with Crippen LogP contribution in [0.25, 0.3) is 0 Å². The molecular formula is C29H35Br2ClF2N10O8S6. The highest BCUT2D eigenvalue weighted by molar-refractivity contribution is 9.10. The minimum atomic E-state index is -3.86. The van der Waals surface area contributed by atoms with Gasteiger partial charge in [-0.05, 0) is 102 Å². The molecule has 0 atom stereocenters. The Morgan fingerprint density at radius 1 is 0.828 bits per heavy atom. The van der Waals surface area contributed by atoms with Crippen LogP contribution in [0.15, 0.2) is 65.4 Å². The number of nitrogens with two attached hydrogens (primary N) is 1. The van der Waals surface area contributed by atoms with Crippen molar-refractivity contribution < 1.29 is 45.6 Å². The van der Waals surface area contributed by atoms with E-state index in [4.69, 9.17) is 9.88 Å². The smallest absolute Gasteiger partial charge is 0.421 e. The highest BCUT2D eigenvalue weighted by Gasteiger charge is 2.22. The Labute approximate surface area is 372 Å². The molecule has 4 aromatic rings. The molecule has 2 heterocycles. The SMILES string of the molecule is CC(C)(C)OC(=O)NS(=O)(=O)CCCSc1nsnc1C(=Nc1ccc(F)c(Br)c1)NO.Cl.NS(=O)(=O)CCCSc1nsnc1C(=Nc1ccc(F)c(Br)c1)NO. The number of halogens is 5. The van der Waals surface area contributed by atoms with Crippen LogP contribution in [-0.2, 0) is 24.8 Å². The van der Waals surface area contributed by atoms with Crippen molar-refractivity contribution in [3.63, 3.8) is 0 Å². The number of hydrogen-bond donors (Lipinski definition) is 6. The van der Waals surface area contributed by atoms with E-state index in [9.17, 15) is 40.8 Å². The minimum absolute atomic E-state index is 0. The van der Waals surface area contributed by atoms with Gasteiger partial charge in [0.05, 0.1) is 55.3 Å². The third-order valence-corrected chi connectivity index (χ3v) is 12.9. The first-order chi connectivity index (χ1) is 26.7. The molecular weight excluding hydrogens is 1040 g/mol. The lowest BCUT2D eigenvalue weighted by molar-refractivity contribution is 0.0570. The number of hydrogen-bond acceptors (Lipinski definition) is 18. The Balaban J connectivity index is 0.000000405. The lowest BCUT2D eigenvalue weighted by Crippen LogP contribution is -2.37. The molecule has 0 bridgehead atoms.